The molecular formula is C11H12ClIN4O. The lowest BCUT2D eigenvalue weighted by atomic mass is 10.3. The summed E-state index contributed by atoms with van der Waals surface area (Å²) in [5.41, 5.74) is 1.85. The van der Waals surface area contributed by atoms with Gasteiger partial charge in [0.25, 0.3) is 5.56 Å². The first-order valence-corrected chi connectivity index (χ1v) is 6.90. The quantitative estimate of drug-likeness (QED) is 0.605. The third-order valence-corrected chi connectivity index (χ3v) is 4.24. The van der Waals surface area contributed by atoms with Crippen LogP contribution in [0, 0.1) is 3.57 Å². The van der Waals surface area contributed by atoms with Gasteiger partial charge >= 0.3 is 0 Å². The smallest absolute Gasteiger partial charge is 0.268 e. The van der Waals surface area contributed by atoms with Crippen LogP contribution in [0.1, 0.15) is 18.3 Å². The molecule has 18 heavy (non-hydrogen) atoms. The topological polar surface area (TPSA) is 52.7 Å². The van der Waals surface area contributed by atoms with Crippen molar-refractivity contribution in [1.82, 2.24) is 19.3 Å². The molecule has 5 nitrogen and oxygen atoms in total. The van der Waals surface area contributed by atoms with Gasteiger partial charge in [0.2, 0.25) is 0 Å². The summed E-state index contributed by atoms with van der Waals surface area (Å²) >= 11 is 7.71. The van der Waals surface area contributed by atoms with E-state index in [2.05, 4.69) is 10.1 Å². The lowest BCUT2D eigenvalue weighted by Crippen LogP contribution is -2.24. The largest absolute Gasteiger partial charge is 0.292 e. The molecule has 0 fully saturated rings. The van der Waals surface area contributed by atoms with Gasteiger partial charge in [-0.2, -0.15) is 5.10 Å². The Balaban J connectivity index is 2.37. The van der Waals surface area contributed by atoms with Crippen LogP contribution in [0.3, 0.4) is 0 Å². The first-order valence-electron chi connectivity index (χ1n) is 5.45. The molecule has 0 spiro atoms. The van der Waals surface area contributed by atoms with E-state index in [9.17, 15) is 4.79 Å². The molecule has 0 aliphatic rings. The normalized spacial score (nSPS) is 10.9. The second kappa shape index (κ2) is 5.40. The molecule has 0 aliphatic heterocycles. The van der Waals surface area contributed by atoms with E-state index in [4.69, 9.17) is 11.6 Å². The number of aromatic nitrogens is 4. The third-order valence-electron chi connectivity index (χ3n) is 2.66. The highest BCUT2D eigenvalue weighted by Crippen LogP contribution is 2.10. The maximum atomic E-state index is 12.0. The van der Waals surface area contributed by atoms with Crippen LogP contribution in [0.25, 0.3) is 0 Å². The highest BCUT2D eigenvalue weighted by atomic mass is 127. The van der Waals surface area contributed by atoms with E-state index in [1.807, 2.05) is 42.6 Å². The van der Waals surface area contributed by atoms with E-state index in [1.165, 1.54) is 10.9 Å². The summed E-state index contributed by atoms with van der Waals surface area (Å²) in [6, 6.07) is 1.99. The fourth-order valence-electron chi connectivity index (χ4n) is 1.62. The first-order chi connectivity index (χ1) is 8.52. The molecule has 0 N–H and O–H groups in total. The van der Waals surface area contributed by atoms with E-state index in [1.54, 1.807) is 4.68 Å². The number of halogens is 2. The monoisotopic (exact) mass is 378 g/mol. The molecule has 0 aliphatic carbocycles. The summed E-state index contributed by atoms with van der Waals surface area (Å²) in [5.74, 6) is 0. The first kappa shape index (κ1) is 13.5. The Morgan fingerprint density at radius 2 is 2.22 bits per heavy atom. The highest BCUT2D eigenvalue weighted by molar-refractivity contribution is 14.1. The second-order valence-electron chi connectivity index (χ2n) is 3.89. The molecule has 0 saturated heterocycles. The average Bonchev–Trinajstić information content (AvgIpc) is 2.71. The number of nitrogens with zero attached hydrogens (tertiary/aromatic N) is 4. The van der Waals surface area contributed by atoms with Crippen LogP contribution in [0.5, 0.6) is 0 Å². The predicted molar refractivity (Wildman–Crippen MR) is 77.9 cm³/mol. The minimum Gasteiger partial charge on any atom is -0.292 e. The Bertz CT molecular complexity index is 634. The number of hydrogen-bond acceptors (Lipinski definition) is 3. The Hall–Kier alpha value is -0.890. The van der Waals surface area contributed by atoms with Crippen molar-refractivity contribution in [2.45, 2.75) is 19.9 Å². The van der Waals surface area contributed by atoms with Crippen LogP contribution in [0.4, 0.5) is 0 Å². The van der Waals surface area contributed by atoms with Crippen molar-refractivity contribution in [3.63, 3.8) is 0 Å². The van der Waals surface area contributed by atoms with Crippen molar-refractivity contribution < 1.29 is 0 Å². The van der Waals surface area contributed by atoms with Crippen molar-refractivity contribution in [2.75, 3.05) is 0 Å². The molecule has 7 heteroatoms. The Morgan fingerprint density at radius 3 is 2.83 bits per heavy atom. The van der Waals surface area contributed by atoms with Gasteiger partial charge in [0, 0.05) is 7.05 Å². The molecule has 2 aromatic rings. The number of hydrogen-bond donors (Lipinski definition) is 0. The van der Waals surface area contributed by atoms with E-state index < -0.39 is 0 Å². The average molecular weight is 379 g/mol. The summed E-state index contributed by atoms with van der Waals surface area (Å²) in [6.07, 6.45) is 2.34. The van der Waals surface area contributed by atoms with Crippen molar-refractivity contribution in [2.24, 2.45) is 7.05 Å². The highest BCUT2D eigenvalue weighted by Gasteiger charge is 2.10. The fraction of sp³-hybridized carbons (Fsp3) is 0.364. The lowest BCUT2D eigenvalue weighted by Gasteiger charge is -2.06. The van der Waals surface area contributed by atoms with Gasteiger partial charge in [-0.1, -0.05) is 18.5 Å². The zero-order valence-corrected chi connectivity index (χ0v) is 12.9. The molecule has 2 aromatic heterocycles. The van der Waals surface area contributed by atoms with Gasteiger partial charge in [-0.3, -0.25) is 14.0 Å². The second-order valence-corrected chi connectivity index (χ2v) is 5.32. The Kier molecular flexibility index (Phi) is 4.06. The lowest BCUT2D eigenvalue weighted by molar-refractivity contribution is 0.640. The Morgan fingerprint density at radius 1 is 1.50 bits per heavy atom. The van der Waals surface area contributed by atoms with Crippen LogP contribution < -0.4 is 5.56 Å². The minimum absolute atomic E-state index is 0.130. The van der Waals surface area contributed by atoms with Gasteiger partial charge in [-0.05, 0) is 35.1 Å². The van der Waals surface area contributed by atoms with Crippen molar-refractivity contribution in [1.29, 1.82) is 0 Å². The zero-order chi connectivity index (χ0) is 13.3. The van der Waals surface area contributed by atoms with Crippen LogP contribution >= 0.6 is 34.2 Å². The SMILES string of the molecule is CCc1cc(Cn2cnc(Cl)c(I)c2=O)n(C)n1. The fourth-order valence-corrected chi connectivity index (χ4v) is 2.20. The molecule has 0 unspecified atom stereocenters. The van der Waals surface area contributed by atoms with Gasteiger partial charge < -0.3 is 0 Å². The summed E-state index contributed by atoms with van der Waals surface area (Å²) in [6.45, 7) is 2.49. The molecule has 2 heterocycles. The molecule has 96 valence electrons. The van der Waals surface area contributed by atoms with Crippen LogP contribution in [0.15, 0.2) is 17.2 Å². The van der Waals surface area contributed by atoms with E-state index in [-0.39, 0.29) is 10.7 Å². The van der Waals surface area contributed by atoms with Crippen molar-refractivity contribution in [3.8, 4) is 0 Å². The molecule has 0 bridgehead atoms. The maximum Gasteiger partial charge on any atom is 0.268 e. The third kappa shape index (κ3) is 2.59. The molecule has 0 radical (unpaired) electrons. The Labute approximate surface area is 123 Å². The van der Waals surface area contributed by atoms with Gasteiger partial charge in [0.15, 0.2) is 0 Å². The van der Waals surface area contributed by atoms with Crippen molar-refractivity contribution in [3.05, 3.63) is 42.9 Å². The van der Waals surface area contributed by atoms with Crippen molar-refractivity contribution >= 4 is 34.2 Å². The molecule has 0 saturated carbocycles. The van der Waals surface area contributed by atoms with Crippen LogP contribution in [0.2, 0.25) is 5.15 Å². The molecular weight excluding hydrogens is 367 g/mol. The maximum absolute atomic E-state index is 12.0. The van der Waals surface area contributed by atoms with E-state index >= 15 is 0 Å². The van der Waals surface area contributed by atoms with Gasteiger partial charge in [0.05, 0.1) is 24.3 Å². The molecule has 0 aromatic carbocycles. The van der Waals surface area contributed by atoms with E-state index in [0.29, 0.717) is 10.1 Å². The predicted octanol–water partition coefficient (Wildman–Crippen LogP) is 1.85. The minimum atomic E-state index is -0.130. The number of rotatable bonds is 3. The standard InChI is InChI=1S/C11H12ClIN4O/c1-3-7-4-8(16(2)15-7)5-17-6-14-10(12)9(13)11(17)18/h4,6H,3,5H2,1-2H3. The molecule has 0 atom stereocenters. The van der Waals surface area contributed by atoms with Gasteiger partial charge in [-0.25, -0.2) is 4.98 Å². The summed E-state index contributed by atoms with van der Waals surface area (Å²) in [5, 5.41) is 4.59. The summed E-state index contributed by atoms with van der Waals surface area (Å²) in [7, 11) is 1.87. The van der Waals surface area contributed by atoms with Crippen LogP contribution in [-0.4, -0.2) is 19.3 Å². The van der Waals surface area contributed by atoms with Gasteiger partial charge in [-0.15, -0.1) is 0 Å². The molecule has 0 amide bonds. The summed E-state index contributed by atoms with van der Waals surface area (Å²) in [4.78, 5) is 16.0. The molecule has 2 rings (SSSR count). The van der Waals surface area contributed by atoms with Gasteiger partial charge in [0.1, 0.15) is 8.72 Å². The van der Waals surface area contributed by atoms with Crippen LogP contribution in [-0.2, 0) is 20.0 Å². The zero-order valence-electron chi connectivity index (χ0n) is 10.0. The summed E-state index contributed by atoms with van der Waals surface area (Å²) < 4.78 is 3.76. The number of aryl methyl sites for hydroxylation is 2. The van der Waals surface area contributed by atoms with E-state index in [0.717, 1.165) is 17.8 Å².